The summed E-state index contributed by atoms with van der Waals surface area (Å²) in [5.74, 6) is 0.528. The van der Waals surface area contributed by atoms with Crippen LogP contribution in [0.1, 0.15) is 0 Å². The molecule has 92 valence electrons. The summed E-state index contributed by atoms with van der Waals surface area (Å²) in [4.78, 5) is 17.8. The van der Waals surface area contributed by atoms with E-state index in [2.05, 4.69) is 4.98 Å². The number of anilines is 1. The lowest BCUT2D eigenvalue weighted by atomic mass is 10.1. The average Bonchev–Trinajstić information content (AvgIpc) is 2.24. The first-order valence-electron chi connectivity index (χ1n) is 5.39. The van der Waals surface area contributed by atoms with Crippen LogP contribution in [0.2, 0.25) is 0 Å². The lowest BCUT2D eigenvalue weighted by Crippen LogP contribution is -2.45. The second-order valence-corrected chi connectivity index (χ2v) is 6.56. The SMILES string of the molecule is Bc1cn(C)c(=O)c(N2CCS(=O)(=O)CC2)n1. The van der Waals surface area contributed by atoms with E-state index in [9.17, 15) is 13.2 Å². The van der Waals surface area contributed by atoms with Gasteiger partial charge in [-0.15, -0.1) is 0 Å². The molecule has 0 bridgehead atoms. The number of rotatable bonds is 1. The molecule has 1 aromatic rings. The van der Waals surface area contributed by atoms with Crippen LogP contribution >= 0.6 is 0 Å². The highest BCUT2D eigenvalue weighted by atomic mass is 32.2. The maximum Gasteiger partial charge on any atom is 0.293 e. The second-order valence-electron chi connectivity index (χ2n) is 4.26. The third-order valence-corrected chi connectivity index (χ3v) is 4.43. The first kappa shape index (κ1) is 12.2. The molecule has 1 aliphatic rings. The van der Waals surface area contributed by atoms with E-state index in [0.717, 1.165) is 5.59 Å². The molecule has 0 aromatic carbocycles. The molecule has 1 aliphatic heterocycles. The number of hydrogen-bond acceptors (Lipinski definition) is 5. The minimum absolute atomic E-state index is 0.0891. The Hall–Kier alpha value is -1.31. The quantitative estimate of drug-likeness (QED) is 0.510. The van der Waals surface area contributed by atoms with Gasteiger partial charge in [0.15, 0.2) is 23.5 Å². The fraction of sp³-hybridized carbons (Fsp3) is 0.556. The van der Waals surface area contributed by atoms with Crippen molar-refractivity contribution in [3.05, 3.63) is 16.6 Å². The Morgan fingerprint density at radius 1 is 1.35 bits per heavy atom. The van der Waals surface area contributed by atoms with Crippen LogP contribution < -0.4 is 16.1 Å². The molecule has 1 fully saturated rings. The molecule has 1 aromatic heterocycles. The predicted molar refractivity (Wildman–Crippen MR) is 68.5 cm³/mol. The van der Waals surface area contributed by atoms with E-state index in [1.807, 2.05) is 7.85 Å². The summed E-state index contributed by atoms with van der Waals surface area (Å²) in [5, 5.41) is 0. The van der Waals surface area contributed by atoms with Gasteiger partial charge >= 0.3 is 0 Å². The van der Waals surface area contributed by atoms with Crippen molar-refractivity contribution in [3.8, 4) is 0 Å². The topological polar surface area (TPSA) is 72.3 Å². The molecule has 6 nitrogen and oxygen atoms in total. The normalized spacial score (nSPS) is 19.2. The van der Waals surface area contributed by atoms with Gasteiger partial charge in [-0.3, -0.25) is 4.79 Å². The Morgan fingerprint density at radius 3 is 2.53 bits per heavy atom. The van der Waals surface area contributed by atoms with Crippen molar-refractivity contribution in [1.29, 1.82) is 0 Å². The third-order valence-electron chi connectivity index (χ3n) is 2.82. The predicted octanol–water partition coefficient (Wildman–Crippen LogP) is -2.73. The highest BCUT2D eigenvalue weighted by Gasteiger charge is 2.24. The highest BCUT2D eigenvalue weighted by molar-refractivity contribution is 7.91. The molecule has 2 heterocycles. The minimum Gasteiger partial charge on any atom is -0.350 e. The zero-order valence-electron chi connectivity index (χ0n) is 9.88. The van der Waals surface area contributed by atoms with Crippen molar-refractivity contribution in [2.45, 2.75) is 0 Å². The van der Waals surface area contributed by atoms with Crippen molar-refractivity contribution in [2.75, 3.05) is 29.5 Å². The zero-order valence-corrected chi connectivity index (χ0v) is 10.7. The van der Waals surface area contributed by atoms with E-state index in [1.165, 1.54) is 4.57 Å². The van der Waals surface area contributed by atoms with Crippen LogP contribution in [0.4, 0.5) is 5.82 Å². The van der Waals surface area contributed by atoms with Crippen LogP contribution in [0, 0.1) is 0 Å². The number of aryl methyl sites for hydroxylation is 1. The fourth-order valence-electron chi connectivity index (χ4n) is 1.87. The lowest BCUT2D eigenvalue weighted by Gasteiger charge is -2.27. The molecule has 0 spiro atoms. The zero-order chi connectivity index (χ0) is 12.6. The lowest BCUT2D eigenvalue weighted by molar-refractivity contribution is 0.586. The second kappa shape index (κ2) is 4.17. The molecule has 0 radical (unpaired) electrons. The fourth-order valence-corrected chi connectivity index (χ4v) is 3.07. The summed E-state index contributed by atoms with van der Waals surface area (Å²) in [6, 6.07) is 0. The molecular weight excluding hydrogens is 241 g/mol. The molecule has 0 aliphatic carbocycles. The largest absolute Gasteiger partial charge is 0.350 e. The first-order chi connectivity index (χ1) is 7.89. The van der Waals surface area contributed by atoms with Crippen LogP contribution in [0.3, 0.4) is 0 Å². The highest BCUT2D eigenvalue weighted by Crippen LogP contribution is 2.09. The van der Waals surface area contributed by atoms with Gasteiger partial charge in [0.25, 0.3) is 5.56 Å². The molecule has 2 rings (SSSR count). The van der Waals surface area contributed by atoms with Gasteiger partial charge in [-0.05, 0) is 0 Å². The van der Waals surface area contributed by atoms with Crippen molar-refractivity contribution in [3.63, 3.8) is 0 Å². The summed E-state index contributed by atoms with van der Waals surface area (Å²) in [6.45, 7) is 0.683. The van der Waals surface area contributed by atoms with Crippen LogP contribution in [0.5, 0.6) is 0 Å². The van der Waals surface area contributed by atoms with E-state index in [4.69, 9.17) is 0 Å². The van der Waals surface area contributed by atoms with Crippen molar-refractivity contribution < 1.29 is 8.42 Å². The van der Waals surface area contributed by atoms with Gasteiger partial charge in [0.05, 0.1) is 11.5 Å². The van der Waals surface area contributed by atoms with Crippen LogP contribution in [-0.2, 0) is 16.9 Å². The molecule has 8 heteroatoms. The smallest absolute Gasteiger partial charge is 0.293 e. The van der Waals surface area contributed by atoms with Crippen molar-refractivity contribution in [1.82, 2.24) is 9.55 Å². The van der Waals surface area contributed by atoms with Crippen LogP contribution in [0.25, 0.3) is 0 Å². The molecule has 0 atom stereocenters. The van der Waals surface area contributed by atoms with Gasteiger partial charge in [0.2, 0.25) is 0 Å². The van der Waals surface area contributed by atoms with E-state index in [0.29, 0.717) is 18.9 Å². The van der Waals surface area contributed by atoms with Gasteiger partial charge in [0, 0.05) is 31.9 Å². The van der Waals surface area contributed by atoms with E-state index in [-0.39, 0.29) is 17.1 Å². The van der Waals surface area contributed by atoms with E-state index in [1.54, 1.807) is 18.1 Å². The summed E-state index contributed by atoms with van der Waals surface area (Å²) < 4.78 is 24.1. The molecule has 0 saturated carbocycles. The van der Waals surface area contributed by atoms with E-state index < -0.39 is 9.84 Å². The molecule has 17 heavy (non-hydrogen) atoms. The molecular formula is C9H14BN3O3S. The maximum absolute atomic E-state index is 11.9. The Kier molecular flexibility index (Phi) is 2.99. The minimum atomic E-state index is -2.94. The van der Waals surface area contributed by atoms with Gasteiger partial charge < -0.3 is 9.47 Å². The number of hydrogen-bond donors (Lipinski definition) is 0. The molecule has 0 N–H and O–H groups in total. The molecule has 0 unspecified atom stereocenters. The van der Waals surface area contributed by atoms with Crippen LogP contribution in [-0.4, -0.2) is 50.4 Å². The Labute approximate surface area is 101 Å². The molecule has 0 amide bonds. The molecule has 1 saturated heterocycles. The monoisotopic (exact) mass is 255 g/mol. The van der Waals surface area contributed by atoms with E-state index >= 15 is 0 Å². The Bertz CT molecular complexity index is 582. The van der Waals surface area contributed by atoms with Crippen LogP contribution in [0.15, 0.2) is 11.0 Å². The summed E-state index contributed by atoms with van der Waals surface area (Å²) >= 11 is 0. The summed E-state index contributed by atoms with van der Waals surface area (Å²) in [5.41, 5.74) is 0.561. The Morgan fingerprint density at radius 2 is 1.94 bits per heavy atom. The maximum atomic E-state index is 11.9. The summed E-state index contributed by atoms with van der Waals surface area (Å²) in [7, 11) is 0.542. The summed E-state index contributed by atoms with van der Waals surface area (Å²) in [6.07, 6.45) is 1.66. The number of sulfone groups is 1. The van der Waals surface area contributed by atoms with Gasteiger partial charge in [-0.1, -0.05) is 0 Å². The van der Waals surface area contributed by atoms with Crippen molar-refractivity contribution >= 4 is 29.1 Å². The van der Waals surface area contributed by atoms with Gasteiger partial charge in [-0.25, -0.2) is 13.4 Å². The average molecular weight is 255 g/mol. The number of aromatic nitrogens is 2. The third kappa shape index (κ3) is 2.51. The first-order valence-corrected chi connectivity index (χ1v) is 7.21. The Balaban J connectivity index is 2.33. The standard InChI is InChI=1S/C9H14BN3O3S/c1-12-6-7(10)11-8(9(12)14)13-2-4-17(15,16)5-3-13/h6H,2-5,10H2,1H3. The van der Waals surface area contributed by atoms with Gasteiger partial charge in [0.1, 0.15) is 0 Å². The van der Waals surface area contributed by atoms with Crippen molar-refractivity contribution in [2.24, 2.45) is 7.05 Å². The number of nitrogens with zero attached hydrogens (tertiary/aromatic N) is 3. The van der Waals surface area contributed by atoms with Gasteiger partial charge in [-0.2, -0.15) is 0 Å².